The molecule has 0 aliphatic carbocycles. The highest BCUT2D eigenvalue weighted by Gasteiger charge is 2.29. The van der Waals surface area contributed by atoms with E-state index in [2.05, 4.69) is 20.9 Å². The Labute approximate surface area is 302 Å². The molecule has 17 heteroatoms. The SMILES string of the molecule is C.COP(=O)(OC)OCC(C)(C)CNC(=O)NCCC[C@@H](COC(=O)Nc1cc2cc(F)ccc2cn1)N(C)C(=O)CCc1cccc(F)c1Cl. The number of anilines is 1. The molecule has 1 atom stereocenters. The number of halogens is 3. The first-order valence-corrected chi connectivity index (χ1v) is 17.5. The zero-order chi connectivity index (χ0) is 36.9. The molecule has 4 amide bonds. The number of rotatable bonds is 18. The highest BCUT2D eigenvalue weighted by molar-refractivity contribution is 7.48. The minimum atomic E-state index is -3.67. The lowest BCUT2D eigenvalue weighted by atomic mass is 9.95. The second-order valence-electron chi connectivity index (χ2n) is 12.2. The number of nitrogens with zero attached hydrogens (tertiary/aromatic N) is 2. The summed E-state index contributed by atoms with van der Waals surface area (Å²) in [5, 5.41) is 9.17. The van der Waals surface area contributed by atoms with Crippen molar-refractivity contribution in [2.75, 3.05) is 52.9 Å². The molecule has 0 aliphatic heterocycles. The third-order valence-corrected chi connectivity index (χ3v) is 9.45. The van der Waals surface area contributed by atoms with E-state index in [1.165, 1.54) is 55.6 Å². The number of carbonyl (C=O) groups is 3. The molecule has 13 nitrogen and oxygen atoms in total. The Morgan fingerprint density at radius 2 is 1.78 bits per heavy atom. The van der Waals surface area contributed by atoms with Gasteiger partial charge in [0.05, 0.1) is 17.7 Å². The van der Waals surface area contributed by atoms with Gasteiger partial charge in [-0.3, -0.25) is 23.7 Å². The molecule has 0 fully saturated rings. The van der Waals surface area contributed by atoms with Crippen LogP contribution in [0.25, 0.3) is 10.8 Å². The molecule has 0 aliphatic rings. The number of fused-ring (bicyclic) bond motifs is 1. The molecule has 1 aromatic heterocycles. The van der Waals surface area contributed by atoms with E-state index in [-0.39, 0.29) is 63.3 Å². The number of pyridine rings is 1. The Morgan fingerprint density at radius 1 is 1.06 bits per heavy atom. The molecule has 0 radical (unpaired) electrons. The van der Waals surface area contributed by atoms with E-state index in [9.17, 15) is 27.7 Å². The molecule has 0 unspecified atom stereocenters. The van der Waals surface area contributed by atoms with Crippen molar-refractivity contribution in [1.82, 2.24) is 20.5 Å². The van der Waals surface area contributed by atoms with Crippen LogP contribution in [-0.2, 0) is 34.1 Å². The number of nitrogens with one attached hydrogen (secondary N) is 3. The van der Waals surface area contributed by atoms with Gasteiger partial charge < -0.3 is 20.3 Å². The number of likely N-dealkylation sites (N-methyl/N-ethyl adjacent to an activating group) is 1. The Balaban J connectivity index is 0.00000901. The van der Waals surface area contributed by atoms with Crippen molar-refractivity contribution in [2.24, 2.45) is 5.41 Å². The molecule has 1 heterocycles. The van der Waals surface area contributed by atoms with Gasteiger partial charge in [0.2, 0.25) is 5.91 Å². The average Bonchev–Trinajstić information content (AvgIpc) is 3.09. The van der Waals surface area contributed by atoms with Crippen LogP contribution in [-0.4, -0.2) is 81.5 Å². The Bertz CT molecular complexity index is 1680. The molecule has 3 rings (SSSR count). The number of urea groups is 1. The van der Waals surface area contributed by atoms with Gasteiger partial charge in [0.15, 0.2) is 0 Å². The lowest BCUT2D eigenvalue weighted by molar-refractivity contribution is -0.132. The molecular weight excluding hydrogens is 711 g/mol. The van der Waals surface area contributed by atoms with Crippen molar-refractivity contribution in [2.45, 2.75) is 53.0 Å². The average molecular weight is 758 g/mol. The number of phosphoric ester groups is 1. The van der Waals surface area contributed by atoms with Crippen LogP contribution in [0.5, 0.6) is 0 Å². The molecular formula is C34H47ClF2N5O8P. The van der Waals surface area contributed by atoms with Gasteiger partial charge in [0, 0.05) is 57.8 Å². The summed E-state index contributed by atoms with van der Waals surface area (Å²) in [4.78, 5) is 44.0. The first kappa shape index (κ1) is 43.3. The maximum atomic E-state index is 13.9. The molecule has 0 bridgehead atoms. The van der Waals surface area contributed by atoms with E-state index in [4.69, 9.17) is 29.9 Å². The van der Waals surface area contributed by atoms with Crippen molar-refractivity contribution in [3.8, 4) is 0 Å². The fraction of sp³-hybridized carbons (Fsp3) is 0.471. The number of hydrogen-bond donors (Lipinski definition) is 3. The number of hydrogen-bond acceptors (Lipinski definition) is 9. The molecule has 3 aromatic rings. The fourth-order valence-electron chi connectivity index (χ4n) is 4.65. The van der Waals surface area contributed by atoms with Crippen LogP contribution in [0.3, 0.4) is 0 Å². The van der Waals surface area contributed by atoms with Crippen LogP contribution in [0.15, 0.2) is 48.7 Å². The van der Waals surface area contributed by atoms with Gasteiger partial charge >= 0.3 is 19.9 Å². The number of benzene rings is 2. The maximum absolute atomic E-state index is 13.9. The number of aromatic nitrogens is 1. The second kappa shape index (κ2) is 20.2. The standard InChI is InChI=1S/C33H43ClF2N5O8P.CH4/c1-33(2,21-49-50(45,46-4)47-5)20-39-31(43)37-15-7-9-26(41(3)29(42)14-12-22-8-6-10-27(36)30(22)34)19-48-32(44)40-28-17-24-16-25(35)13-11-23(24)18-38-28;/h6,8,10-11,13,16-18,26H,7,9,12,14-15,19-21H2,1-5H3,(H2,37,39,43)(H,38,40,44);1H4/t26-;/m0./s1. The third-order valence-electron chi connectivity index (χ3n) is 7.69. The highest BCUT2D eigenvalue weighted by atomic mass is 35.5. The summed E-state index contributed by atoms with van der Waals surface area (Å²) in [5.41, 5.74) is -0.121. The van der Waals surface area contributed by atoms with Crippen LogP contribution in [0.2, 0.25) is 5.02 Å². The number of aryl methyl sites for hydroxylation is 1. The van der Waals surface area contributed by atoms with Crippen molar-refractivity contribution in [1.29, 1.82) is 0 Å². The topological polar surface area (TPSA) is 157 Å². The molecule has 51 heavy (non-hydrogen) atoms. The van der Waals surface area contributed by atoms with Gasteiger partial charge in [-0.2, -0.15) is 0 Å². The smallest absolute Gasteiger partial charge is 0.447 e. The summed E-state index contributed by atoms with van der Waals surface area (Å²) in [6, 6.07) is 9.04. The van der Waals surface area contributed by atoms with Crippen LogP contribution in [0, 0.1) is 17.0 Å². The monoisotopic (exact) mass is 757 g/mol. The molecule has 0 spiro atoms. The minimum absolute atomic E-state index is 0. The molecule has 0 saturated carbocycles. The zero-order valence-corrected chi connectivity index (χ0v) is 30.2. The van der Waals surface area contributed by atoms with Crippen LogP contribution in [0.1, 0.15) is 46.1 Å². The zero-order valence-electron chi connectivity index (χ0n) is 28.6. The van der Waals surface area contributed by atoms with E-state index in [0.29, 0.717) is 29.2 Å². The second-order valence-corrected chi connectivity index (χ2v) is 14.4. The maximum Gasteiger partial charge on any atom is 0.474 e. The predicted molar refractivity (Wildman–Crippen MR) is 192 cm³/mol. The summed E-state index contributed by atoms with van der Waals surface area (Å²) in [7, 11) is 0.316. The summed E-state index contributed by atoms with van der Waals surface area (Å²) < 4.78 is 60.0. The largest absolute Gasteiger partial charge is 0.474 e. The number of ether oxygens (including phenoxy) is 1. The van der Waals surface area contributed by atoms with Crippen molar-refractivity contribution < 1.29 is 46.0 Å². The predicted octanol–water partition coefficient (Wildman–Crippen LogP) is 7.33. The fourth-order valence-corrected chi connectivity index (χ4v) is 5.74. The van der Waals surface area contributed by atoms with Crippen LogP contribution in [0.4, 0.5) is 24.2 Å². The Hall–Kier alpha value is -3.88. The van der Waals surface area contributed by atoms with Crippen molar-refractivity contribution in [3.05, 3.63) is 70.9 Å². The van der Waals surface area contributed by atoms with Gasteiger partial charge in [-0.05, 0) is 60.5 Å². The van der Waals surface area contributed by atoms with Crippen molar-refractivity contribution in [3.63, 3.8) is 0 Å². The van der Waals surface area contributed by atoms with E-state index in [1.807, 2.05) is 0 Å². The third kappa shape index (κ3) is 14.0. The van der Waals surface area contributed by atoms with Gasteiger partial charge in [0.25, 0.3) is 0 Å². The van der Waals surface area contributed by atoms with E-state index in [1.54, 1.807) is 33.0 Å². The van der Waals surface area contributed by atoms with Crippen LogP contribution >= 0.6 is 19.4 Å². The molecule has 3 N–H and O–H groups in total. The summed E-state index contributed by atoms with van der Waals surface area (Å²) in [6.45, 7) is 3.81. The lowest BCUT2D eigenvalue weighted by Gasteiger charge is -2.28. The van der Waals surface area contributed by atoms with Crippen molar-refractivity contribution >= 4 is 54.0 Å². The van der Waals surface area contributed by atoms with Gasteiger partial charge in [0.1, 0.15) is 24.1 Å². The Kier molecular flexibility index (Phi) is 17.2. The van der Waals surface area contributed by atoms with Gasteiger partial charge in [-0.25, -0.2) is 27.9 Å². The summed E-state index contributed by atoms with van der Waals surface area (Å²) >= 11 is 6.06. The number of carbonyl (C=O) groups excluding carboxylic acids is 3. The molecule has 282 valence electrons. The summed E-state index contributed by atoms with van der Waals surface area (Å²) in [6.07, 6.45) is 1.62. The number of amides is 4. The highest BCUT2D eigenvalue weighted by Crippen LogP contribution is 2.48. The number of phosphoric acid groups is 1. The van der Waals surface area contributed by atoms with Gasteiger partial charge in [-0.1, -0.05) is 45.0 Å². The normalized spacial score (nSPS) is 12.1. The minimum Gasteiger partial charge on any atom is -0.447 e. The quantitative estimate of drug-likeness (QED) is 0.0893. The van der Waals surface area contributed by atoms with E-state index < -0.39 is 43.0 Å². The van der Waals surface area contributed by atoms with Gasteiger partial charge in [-0.15, -0.1) is 0 Å². The van der Waals surface area contributed by atoms with E-state index in [0.717, 1.165) is 0 Å². The first-order valence-electron chi connectivity index (χ1n) is 15.7. The Morgan fingerprint density at radius 3 is 2.49 bits per heavy atom. The molecule has 2 aromatic carbocycles. The van der Waals surface area contributed by atoms with E-state index >= 15 is 0 Å². The lowest BCUT2D eigenvalue weighted by Crippen LogP contribution is -2.43. The molecule has 0 saturated heterocycles. The van der Waals surface area contributed by atoms with Crippen LogP contribution < -0.4 is 16.0 Å². The first-order chi connectivity index (χ1) is 23.6. The summed E-state index contributed by atoms with van der Waals surface area (Å²) in [5.74, 6) is -1.16.